The highest BCUT2D eigenvalue weighted by Crippen LogP contribution is 2.55. The average molecular weight is 513 g/mol. The van der Waals surface area contributed by atoms with E-state index in [0.29, 0.717) is 11.8 Å². The van der Waals surface area contributed by atoms with Gasteiger partial charge in [0.15, 0.2) is 0 Å². The Hall–Kier alpha value is -1.22. The van der Waals surface area contributed by atoms with Crippen LogP contribution in [0.4, 0.5) is 0 Å². The Balaban J connectivity index is 2.10. The Bertz CT molecular complexity index is 834. The lowest BCUT2D eigenvalue weighted by Gasteiger charge is -2.48. The summed E-state index contributed by atoms with van der Waals surface area (Å²) >= 11 is 0. The molecule has 0 bridgehead atoms. The molecular weight excluding hydrogens is 456 g/mol. The van der Waals surface area contributed by atoms with Gasteiger partial charge in [-0.15, -0.1) is 0 Å². The minimum Gasteiger partial charge on any atom is -0.543 e. The quantitative estimate of drug-likeness (QED) is 0.132. The third kappa shape index (κ3) is 7.20. The van der Waals surface area contributed by atoms with Crippen molar-refractivity contribution in [3.63, 3.8) is 0 Å². The summed E-state index contributed by atoms with van der Waals surface area (Å²) in [7, 11) is -1.90. The molecule has 1 heterocycles. The molecule has 0 spiro atoms. The molecule has 1 aromatic carbocycles. The number of allylic oxidation sites excluding steroid dienone is 2. The Morgan fingerprint density at radius 3 is 2.08 bits per heavy atom. The highest BCUT2D eigenvalue weighted by atomic mass is 28.4. The van der Waals surface area contributed by atoms with Crippen LogP contribution in [0.3, 0.4) is 0 Å². The number of fused-ring (bicyclic) bond motifs is 3. The highest BCUT2D eigenvalue weighted by molar-refractivity contribution is 6.74. The highest BCUT2D eigenvalue weighted by Gasteiger charge is 2.47. The van der Waals surface area contributed by atoms with E-state index in [1.807, 2.05) is 0 Å². The number of rotatable bonds is 15. The van der Waals surface area contributed by atoms with Crippen LogP contribution in [0.5, 0.6) is 11.5 Å². The van der Waals surface area contributed by atoms with E-state index < -0.39 is 8.32 Å². The summed E-state index contributed by atoms with van der Waals surface area (Å²) in [5.41, 5.74) is 4.21. The number of benzene rings is 1. The van der Waals surface area contributed by atoms with Gasteiger partial charge in [-0.3, -0.25) is 0 Å². The fourth-order valence-corrected chi connectivity index (χ4v) is 11.4. The summed E-state index contributed by atoms with van der Waals surface area (Å²) in [6.07, 6.45) is 17.3. The lowest BCUT2D eigenvalue weighted by atomic mass is 9.67. The van der Waals surface area contributed by atoms with Crippen LogP contribution >= 0.6 is 0 Å². The molecule has 0 radical (unpaired) electrons. The van der Waals surface area contributed by atoms with Crippen LogP contribution in [0.25, 0.3) is 0 Å². The molecular formula is C33H56O2Si. The minimum absolute atomic E-state index is 0.144. The fourth-order valence-electron chi connectivity index (χ4n) is 6.67. The molecule has 0 saturated heterocycles. The van der Waals surface area contributed by atoms with Crippen LogP contribution < -0.4 is 9.16 Å². The van der Waals surface area contributed by atoms with E-state index in [2.05, 4.69) is 66.7 Å². The smallest absolute Gasteiger partial charge is 0.251 e. The van der Waals surface area contributed by atoms with Gasteiger partial charge in [0.1, 0.15) is 17.1 Å². The van der Waals surface area contributed by atoms with Crippen molar-refractivity contribution in [3.8, 4) is 11.5 Å². The van der Waals surface area contributed by atoms with Gasteiger partial charge in [0.05, 0.1) is 0 Å². The normalized spacial score (nSPS) is 20.8. The maximum absolute atomic E-state index is 7.55. The maximum atomic E-state index is 7.55. The first kappa shape index (κ1) is 29.3. The Morgan fingerprint density at radius 2 is 1.50 bits per heavy atom. The second-order valence-corrected chi connectivity index (χ2v) is 16.5. The zero-order valence-corrected chi connectivity index (χ0v) is 25.8. The Kier molecular flexibility index (Phi) is 11.0. The van der Waals surface area contributed by atoms with E-state index in [0.717, 1.165) is 25.0 Å². The van der Waals surface area contributed by atoms with Crippen LogP contribution in [0.1, 0.15) is 136 Å². The van der Waals surface area contributed by atoms with Crippen LogP contribution in [0.2, 0.25) is 18.1 Å². The van der Waals surface area contributed by atoms with E-state index in [1.165, 1.54) is 98.4 Å². The summed E-state index contributed by atoms with van der Waals surface area (Å²) in [6, 6.07) is 8.76. The summed E-state index contributed by atoms with van der Waals surface area (Å²) in [6.45, 7) is 16.3. The first-order valence-electron chi connectivity index (χ1n) is 15.5. The molecule has 0 fully saturated rings. The minimum atomic E-state index is -1.90. The second kappa shape index (κ2) is 13.5. The molecule has 0 aromatic heterocycles. The van der Waals surface area contributed by atoms with Crippen molar-refractivity contribution in [2.75, 3.05) is 0 Å². The van der Waals surface area contributed by atoms with E-state index in [-0.39, 0.29) is 5.60 Å². The van der Waals surface area contributed by atoms with Crippen LogP contribution in [-0.4, -0.2) is 13.9 Å². The zero-order chi connectivity index (χ0) is 26.2. The first-order valence-corrected chi connectivity index (χ1v) is 18.0. The molecule has 0 amide bonds. The van der Waals surface area contributed by atoms with E-state index in [9.17, 15) is 0 Å². The summed E-state index contributed by atoms with van der Waals surface area (Å²) in [4.78, 5) is 0. The topological polar surface area (TPSA) is 18.5 Å². The molecule has 36 heavy (non-hydrogen) atoms. The third-order valence-electron chi connectivity index (χ3n) is 8.90. The molecule has 3 rings (SSSR count). The number of aryl methyl sites for hydroxylation is 1. The molecule has 0 saturated carbocycles. The van der Waals surface area contributed by atoms with Gasteiger partial charge < -0.3 is 9.16 Å². The number of unbranched alkanes of at least 4 members (excludes halogenated alkanes) is 5. The Labute approximate surface area is 224 Å². The summed E-state index contributed by atoms with van der Waals surface area (Å²) < 4.78 is 14.4. The predicted octanol–water partition coefficient (Wildman–Crippen LogP) is 10.8. The number of hydrogen-bond acceptors (Lipinski definition) is 2. The molecule has 1 aliphatic carbocycles. The zero-order valence-electron chi connectivity index (χ0n) is 24.8. The largest absolute Gasteiger partial charge is 0.543 e. The van der Waals surface area contributed by atoms with E-state index in [1.54, 1.807) is 0 Å². The first-order chi connectivity index (χ1) is 17.3. The van der Waals surface area contributed by atoms with Gasteiger partial charge in [-0.1, -0.05) is 90.7 Å². The molecule has 3 heteroatoms. The van der Waals surface area contributed by atoms with Crippen molar-refractivity contribution in [1.82, 2.24) is 0 Å². The van der Waals surface area contributed by atoms with E-state index >= 15 is 0 Å². The van der Waals surface area contributed by atoms with Gasteiger partial charge in [-0.25, -0.2) is 0 Å². The van der Waals surface area contributed by atoms with Gasteiger partial charge in [0.2, 0.25) is 0 Å². The van der Waals surface area contributed by atoms with Crippen molar-refractivity contribution in [3.05, 3.63) is 34.9 Å². The molecule has 2 aliphatic rings. The van der Waals surface area contributed by atoms with Gasteiger partial charge in [0, 0.05) is 17.4 Å². The van der Waals surface area contributed by atoms with Crippen LogP contribution in [0.15, 0.2) is 23.8 Å². The Morgan fingerprint density at radius 1 is 0.889 bits per heavy atom. The molecule has 1 aliphatic heterocycles. The molecule has 2 atom stereocenters. The molecule has 0 unspecified atom stereocenters. The van der Waals surface area contributed by atoms with Gasteiger partial charge in [-0.2, -0.15) is 0 Å². The second-order valence-electron chi connectivity index (χ2n) is 12.5. The fraction of sp³-hybridized carbons (Fsp3) is 0.758. The van der Waals surface area contributed by atoms with Gasteiger partial charge in [-0.05, 0) is 82.3 Å². The standard InChI is InChI=1S/C33H56O2Si/c1-8-12-16-17-27-24-30-32(28-23-26(5)18-19-29(28)33(6,7)34-30)31(25-27)35-36(20-13-9-2,21-14-10-3)22-15-11-4/h18,24-25,28-29H,8-17,19-23H2,1-7H3/t28-,29-/m1/s1. The summed E-state index contributed by atoms with van der Waals surface area (Å²) in [5.74, 6) is 3.36. The molecule has 0 N–H and O–H groups in total. The predicted molar refractivity (Wildman–Crippen MR) is 159 cm³/mol. The van der Waals surface area contributed by atoms with Crippen LogP contribution in [-0.2, 0) is 6.42 Å². The lowest BCUT2D eigenvalue weighted by Crippen LogP contribution is -2.46. The third-order valence-corrected chi connectivity index (χ3v) is 13.3. The monoisotopic (exact) mass is 512 g/mol. The molecule has 2 nitrogen and oxygen atoms in total. The van der Waals surface area contributed by atoms with E-state index in [4.69, 9.17) is 9.16 Å². The molecule has 204 valence electrons. The van der Waals surface area contributed by atoms with Crippen molar-refractivity contribution in [1.29, 1.82) is 0 Å². The number of hydrogen-bond donors (Lipinski definition) is 0. The van der Waals surface area contributed by atoms with Crippen molar-refractivity contribution in [2.45, 2.75) is 155 Å². The van der Waals surface area contributed by atoms with Crippen molar-refractivity contribution >= 4 is 8.32 Å². The molecule has 1 aromatic rings. The maximum Gasteiger partial charge on any atom is 0.251 e. The van der Waals surface area contributed by atoms with Gasteiger partial charge >= 0.3 is 0 Å². The number of ether oxygens (including phenoxy) is 1. The van der Waals surface area contributed by atoms with Crippen LogP contribution in [0, 0.1) is 5.92 Å². The summed E-state index contributed by atoms with van der Waals surface area (Å²) in [5, 5.41) is 0. The van der Waals surface area contributed by atoms with Gasteiger partial charge in [0.25, 0.3) is 8.32 Å². The van der Waals surface area contributed by atoms with Crippen molar-refractivity contribution < 1.29 is 9.16 Å². The lowest BCUT2D eigenvalue weighted by molar-refractivity contribution is 0.00780. The SMILES string of the molecule is CCCCCc1cc2c(c(O[Si](CCCC)(CCCC)CCCC)c1)[C@@H]1CC(C)=CC[C@H]1C(C)(C)O2. The van der Waals surface area contributed by atoms with Crippen molar-refractivity contribution in [2.24, 2.45) is 5.92 Å². The average Bonchev–Trinajstić information content (AvgIpc) is 2.84.